The van der Waals surface area contributed by atoms with Crippen molar-refractivity contribution in [3.05, 3.63) is 22.8 Å². The Kier molecular flexibility index (Phi) is 3.62. The highest BCUT2D eigenvalue weighted by Crippen LogP contribution is 2.18. The summed E-state index contributed by atoms with van der Waals surface area (Å²) in [7, 11) is 1.69. The molecule has 0 aliphatic heterocycles. The van der Waals surface area contributed by atoms with Crippen molar-refractivity contribution in [2.24, 2.45) is 7.05 Å². The Labute approximate surface area is 93.7 Å². The number of carboxylic acid groups (broad SMARTS) is 1. The Bertz CT molecular complexity index is 425. The maximum Gasteiger partial charge on any atom is 0.249 e. The Morgan fingerprint density at radius 1 is 1.60 bits per heavy atom. The monoisotopic (exact) mass is 272 g/mol. The van der Waals surface area contributed by atoms with Gasteiger partial charge in [-0.3, -0.25) is 9.48 Å². The van der Waals surface area contributed by atoms with Crippen molar-refractivity contribution in [2.75, 3.05) is 5.32 Å². The largest absolute Gasteiger partial charge is 0.545 e. The summed E-state index contributed by atoms with van der Waals surface area (Å²) in [6.45, 7) is 0. The minimum Gasteiger partial charge on any atom is -0.545 e. The Hall–Kier alpha value is -1.63. The fourth-order valence-corrected chi connectivity index (χ4v) is 1.32. The van der Waals surface area contributed by atoms with Crippen LogP contribution in [0, 0.1) is 0 Å². The molecular formula is C8H7BrN3O3-. The molecule has 0 saturated heterocycles. The van der Waals surface area contributed by atoms with E-state index in [0.29, 0.717) is 16.4 Å². The molecule has 0 radical (unpaired) electrons. The summed E-state index contributed by atoms with van der Waals surface area (Å²) in [6, 6.07) is 0. The number of aryl methyl sites for hydroxylation is 1. The maximum atomic E-state index is 11.1. The predicted octanol–water partition coefficient (Wildman–Crippen LogP) is -0.573. The summed E-state index contributed by atoms with van der Waals surface area (Å²) >= 11 is 3.17. The molecule has 0 aliphatic carbocycles. The van der Waals surface area contributed by atoms with E-state index < -0.39 is 11.9 Å². The molecule has 0 saturated carbocycles. The van der Waals surface area contributed by atoms with Crippen LogP contribution in [0.2, 0.25) is 0 Å². The average molecular weight is 273 g/mol. The number of anilines is 1. The molecule has 0 unspecified atom stereocenters. The van der Waals surface area contributed by atoms with Crippen LogP contribution in [-0.2, 0) is 16.6 Å². The van der Waals surface area contributed by atoms with Gasteiger partial charge in [0, 0.05) is 19.3 Å². The summed E-state index contributed by atoms with van der Waals surface area (Å²) < 4.78 is 2.11. The number of hydrogen-bond acceptors (Lipinski definition) is 4. The lowest BCUT2D eigenvalue weighted by Crippen LogP contribution is -2.20. The zero-order valence-corrected chi connectivity index (χ0v) is 9.32. The second-order valence-electron chi connectivity index (χ2n) is 2.64. The molecule has 0 spiro atoms. The highest BCUT2D eigenvalue weighted by molar-refractivity contribution is 9.10. The highest BCUT2D eigenvalue weighted by Gasteiger charge is 2.06. The van der Waals surface area contributed by atoms with E-state index in [1.807, 2.05) is 0 Å². The topological polar surface area (TPSA) is 87.0 Å². The lowest BCUT2D eigenvalue weighted by molar-refractivity contribution is -0.297. The van der Waals surface area contributed by atoms with E-state index in [9.17, 15) is 14.7 Å². The van der Waals surface area contributed by atoms with Gasteiger partial charge >= 0.3 is 0 Å². The number of nitrogens with one attached hydrogen (secondary N) is 1. The van der Waals surface area contributed by atoms with Gasteiger partial charge in [0.25, 0.3) is 0 Å². The Balaban J connectivity index is 2.66. The van der Waals surface area contributed by atoms with E-state index in [4.69, 9.17) is 0 Å². The standard InChI is InChI=1S/C8H8BrN3O3/c1-12-4-5(9)8(11-12)10-6(13)2-3-7(14)15/h2-4H,1H3,(H,14,15)(H,10,11,13)/p-1/b3-2+. The highest BCUT2D eigenvalue weighted by atomic mass is 79.9. The van der Waals surface area contributed by atoms with E-state index in [1.54, 1.807) is 13.2 Å². The molecule has 1 N–H and O–H groups in total. The quantitative estimate of drug-likeness (QED) is 0.747. The third-order valence-corrected chi connectivity index (χ3v) is 1.98. The smallest absolute Gasteiger partial charge is 0.249 e. The van der Waals surface area contributed by atoms with Crippen molar-refractivity contribution in [1.29, 1.82) is 0 Å². The molecule has 80 valence electrons. The molecule has 1 rings (SSSR count). The molecular weight excluding hydrogens is 266 g/mol. The van der Waals surface area contributed by atoms with Gasteiger partial charge in [-0.15, -0.1) is 0 Å². The molecule has 1 amide bonds. The van der Waals surface area contributed by atoms with E-state index in [-0.39, 0.29) is 0 Å². The van der Waals surface area contributed by atoms with Crippen LogP contribution in [0.15, 0.2) is 22.8 Å². The fraction of sp³-hybridized carbons (Fsp3) is 0.125. The average Bonchev–Trinajstić information content (AvgIpc) is 2.42. The van der Waals surface area contributed by atoms with Crippen molar-refractivity contribution < 1.29 is 14.7 Å². The molecule has 1 aromatic rings. The van der Waals surface area contributed by atoms with Gasteiger partial charge in [-0.05, 0) is 22.0 Å². The van der Waals surface area contributed by atoms with Gasteiger partial charge in [-0.2, -0.15) is 5.10 Å². The first-order valence-corrected chi connectivity index (χ1v) is 4.67. The van der Waals surface area contributed by atoms with Crippen molar-refractivity contribution in [2.45, 2.75) is 0 Å². The fourth-order valence-electron chi connectivity index (χ4n) is 0.846. The number of amides is 1. The number of aromatic nitrogens is 2. The van der Waals surface area contributed by atoms with Crippen LogP contribution < -0.4 is 10.4 Å². The Morgan fingerprint density at radius 3 is 2.73 bits per heavy atom. The molecule has 0 fully saturated rings. The van der Waals surface area contributed by atoms with Crippen LogP contribution in [0.4, 0.5) is 5.82 Å². The summed E-state index contributed by atoms with van der Waals surface area (Å²) in [5, 5.41) is 16.3. The first-order valence-electron chi connectivity index (χ1n) is 3.88. The number of rotatable bonds is 3. The molecule has 1 heterocycles. The van der Waals surface area contributed by atoms with E-state index in [1.165, 1.54) is 4.68 Å². The molecule has 1 aromatic heterocycles. The number of hydrogen-bond donors (Lipinski definition) is 1. The van der Waals surface area contributed by atoms with Crippen molar-refractivity contribution in [3.63, 3.8) is 0 Å². The van der Waals surface area contributed by atoms with Gasteiger partial charge in [0.2, 0.25) is 5.91 Å². The summed E-state index contributed by atoms with van der Waals surface area (Å²) in [4.78, 5) is 21.1. The summed E-state index contributed by atoms with van der Waals surface area (Å²) in [5.41, 5.74) is 0. The van der Waals surface area contributed by atoms with Crippen LogP contribution >= 0.6 is 15.9 Å². The molecule has 0 aromatic carbocycles. The first-order chi connectivity index (χ1) is 6.99. The van der Waals surface area contributed by atoms with E-state index in [2.05, 4.69) is 26.3 Å². The van der Waals surface area contributed by atoms with E-state index >= 15 is 0 Å². The number of carboxylic acids is 1. The molecule has 7 heteroatoms. The minimum absolute atomic E-state index is 0.325. The van der Waals surface area contributed by atoms with Crippen LogP contribution in [0.25, 0.3) is 0 Å². The van der Waals surface area contributed by atoms with E-state index in [0.717, 1.165) is 6.08 Å². The molecule has 0 bridgehead atoms. The zero-order chi connectivity index (χ0) is 11.4. The van der Waals surface area contributed by atoms with Crippen molar-refractivity contribution in [3.8, 4) is 0 Å². The maximum absolute atomic E-state index is 11.1. The van der Waals surface area contributed by atoms with Gasteiger partial charge in [-0.25, -0.2) is 0 Å². The Morgan fingerprint density at radius 2 is 2.27 bits per heavy atom. The number of halogens is 1. The van der Waals surface area contributed by atoms with Gasteiger partial charge in [0.1, 0.15) is 0 Å². The van der Waals surface area contributed by atoms with Crippen LogP contribution in [0.3, 0.4) is 0 Å². The number of aliphatic carboxylic acids is 1. The number of carbonyl (C=O) groups excluding carboxylic acids is 2. The number of nitrogens with zero attached hydrogens (tertiary/aromatic N) is 2. The zero-order valence-electron chi connectivity index (χ0n) is 7.73. The summed E-state index contributed by atoms with van der Waals surface area (Å²) in [6.07, 6.45) is 3.15. The van der Waals surface area contributed by atoms with Gasteiger partial charge < -0.3 is 15.2 Å². The van der Waals surface area contributed by atoms with Gasteiger partial charge in [-0.1, -0.05) is 0 Å². The molecule has 0 aliphatic rings. The molecule has 0 atom stereocenters. The lowest BCUT2D eigenvalue weighted by atomic mass is 10.4. The van der Waals surface area contributed by atoms with Crippen LogP contribution in [0.5, 0.6) is 0 Å². The first kappa shape index (κ1) is 11.4. The summed E-state index contributed by atoms with van der Waals surface area (Å²) in [5.74, 6) is -1.69. The molecule has 15 heavy (non-hydrogen) atoms. The van der Waals surface area contributed by atoms with Gasteiger partial charge in [0.15, 0.2) is 5.82 Å². The molecule has 6 nitrogen and oxygen atoms in total. The predicted molar refractivity (Wildman–Crippen MR) is 53.7 cm³/mol. The second-order valence-corrected chi connectivity index (χ2v) is 3.50. The number of carbonyl (C=O) groups is 2. The SMILES string of the molecule is Cn1cc(Br)c(NC(=O)/C=C/C(=O)[O-])n1. The van der Waals surface area contributed by atoms with Crippen molar-refractivity contribution >= 4 is 33.6 Å². The third-order valence-electron chi connectivity index (χ3n) is 1.40. The van der Waals surface area contributed by atoms with Gasteiger partial charge in [0.05, 0.1) is 10.4 Å². The van der Waals surface area contributed by atoms with Crippen molar-refractivity contribution in [1.82, 2.24) is 9.78 Å². The minimum atomic E-state index is -1.43. The van der Waals surface area contributed by atoms with Crippen LogP contribution in [0.1, 0.15) is 0 Å². The lowest BCUT2D eigenvalue weighted by Gasteiger charge is -1.97. The normalized spacial score (nSPS) is 10.5. The second kappa shape index (κ2) is 4.74. The van der Waals surface area contributed by atoms with Crippen LogP contribution in [-0.4, -0.2) is 21.7 Å². The third kappa shape index (κ3) is 3.55.